The van der Waals surface area contributed by atoms with Crippen LogP contribution >= 0.6 is 0 Å². The minimum Gasteiger partial charge on any atom is -0.340 e. The summed E-state index contributed by atoms with van der Waals surface area (Å²) in [4.78, 5) is 13.9. The first-order valence-electron chi connectivity index (χ1n) is 9.71. The third-order valence-electron chi connectivity index (χ3n) is 4.82. The van der Waals surface area contributed by atoms with Crippen LogP contribution in [0.5, 0.6) is 0 Å². The molecule has 0 bridgehead atoms. The number of nitrogens with zero attached hydrogens (tertiary/aromatic N) is 4. The molecule has 1 aliphatic heterocycles. The van der Waals surface area contributed by atoms with E-state index in [-0.39, 0.29) is 0 Å². The lowest BCUT2D eigenvalue weighted by Gasteiger charge is -2.34. The molecule has 0 amide bonds. The molecular formula is C23H25N5. The number of para-hydroxylation sites is 1. The van der Waals surface area contributed by atoms with Crippen LogP contribution in [0.2, 0.25) is 0 Å². The summed E-state index contributed by atoms with van der Waals surface area (Å²) >= 11 is 0. The smallest absolute Gasteiger partial charge is 0.227 e. The van der Waals surface area contributed by atoms with Crippen molar-refractivity contribution >= 4 is 23.5 Å². The number of aromatic nitrogens is 2. The van der Waals surface area contributed by atoms with E-state index >= 15 is 0 Å². The van der Waals surface area contributed by atoms with Crippen molar-refractivity contribution in [1.82, 2.24) is 14.9 Å². The standard InChI is InChI=1S/C23H25N5/c1-3-8-20(9-4-1)10-7-15-27-16-18-28(19-17-27)23-24-14-13-22(26-23)25-21-11-5-2-6-12-21/h1-14H,15-19H2,(H,24,25,26)/b10-7+. The summed E-state index contributed by atoms with van der Waals surface area (Å²) < 4.78 is 0. The minimum atomic E-state index is 0.792. The van der Waals surface area contributed by atoms with Crippen molar-refractivity contribution in [1.29, 1.82) is 0 Å². The van der Waals surface area contributed by atoms with Gasteiger partial charge in [0.25, 0.3) is 0 Å². The molecule has 2 aromatic carbocycles. The molecule has 0 spiro atoms. The predicted octanol–water partition coefficient (Wildman–Crippen LogP) is 4.06. The van der Waals surface area contributed by atoms with Crippen molar-refractivity contribution in [2.45, 2.75) is 0 Å². The highest BCUT2D eigenvalue weighted by Gasteiger charge is 2.18. The van der Waals surface area contributed by atoms with E-state index in [4.69, 9.17) is 0 Å². The lowest BCUT2D eigenvalue weighted by Crippen LogP contribution is -2.46. The first-order chi connectivity index (χ1) is 13.9. The Hall–Kier alpha value is -3.18. The fraction of sp³-hybridized carbons (Fsp3) is 0.217. The molecule has 0 unspecified atom stereocenters. The van der Waals surface area contributed by atoms with Gasteiger partial charge in [-0.3, -0.25) is 4.90 Å². The van der Waals surface area contributed by atoms with Crippen molar-refractivity contribution < 1.29 is 0 Å². The van der Waals surface area contributed by atoms with Crippen molar-refractivity contribution in [3.8, 4) is 0 Å². The molecule has 4 rings (SSSR count). The van der Waals surface area contributed by atoms with Gasteiger partial charge in [-0.25, -0.2) is 4.98 Å². The number of anilines is 3. The van der Waals surface area contributed by atoms with Crippen LogP contribution in [0.4, 0.5) is 17.5 Å². The Kier molecular flexibility index (Phi) is 5.95. The molecule has 1 saturated heterocycles. The molecular weight excluding hydrogens is 346 g/mol. The summed E-state index contributed by atoms with van der Waals surface area (Å²) in [7, 11) is 0. The van der Waals surface area contributed by atoms with Crippen LogP contribution in [0, 0.1) is 0 Å². The number of hydrogen-bond donors (Lipinski definition) is 1. The minimum absolute atomic E-state index is 0.792. The van der Waals surface area contributed by atoms with E-state index in [0.29, 0.717) is 0 Å². The van der Waals surface area contributed by atoms with Gasteiger partial charge in [0.15, 0.2) is 0 Å². The molecule has 0 aliphatic carbocycles. The maximum absolute atomic E-state index is 4.69. The Bertz CT molecular complexity index is 887. The van der Waals surface area contributed by atoms with Crippen LogP contribution < -0.4 is 10.2 Å². The number of benzene rings is 2. The quantitative estimate of drug-likeness (QED) is 0.708. The SMILES string of the molecule is C(=C\c1ccccc1)/CN1CCN(c2nccc(Nc3ccccc3)n2)CC1. The Morgan fingerprint density at radius 2 is 1.57 bits per heavy atom. The summed E-state index contributed by atoms with van der Waals surface area (Å²) in [5.41, 5.74) is 2.28. The van der Waals surface area contributed by atoms with Crippen LogP contribution in [0.1, 0.15) is 5.56 Å². The molecule has 5 heteroatoms. The van der Waals surface area contributed by atoms with E-state index in [1.807, 2.05) is 48.7 Å². The lowest BCUT2D eigenvalue weighted by atomic mass is 10.2. The van der Waals surface area contributed by atoms with Crippen LogP contribution in [-0.4, -0.2) is 47.6 Å². The number of piperazine rings is 1. The van der Waals surface area contributed by atoms with Gasteiger partial charge in [-0.1, -0.05) is 60.7 Å². The zero-order valence-electron chi connectivity index (χ0n) is 15.9. The monoisotopic (exact) mass is 371 g/mol. The molecule has 0 radical (unpaired) electrons. The number of nitrogens with one attached hydrogen (secondary N) is 1. The van der Waals surface area contributed by atoms with Gasteiger partial charge < -0.3 is 10.2 Å². The average Bonchev–Trinajstić information content (AvgIpc) is 2.76. The summed E-state index contributed by atoms with van der Waals surface area (Å²) in [6.45, 7) is 4.87. The molecule has 2 heterocycles. The van der Waals surface area contributed by atoms with Gasteiger partial charge >= 0.3 is 0 Å². The Balaban J connectivity index is 1.30. The molecule has 5 nitrogen and oxygen atoms in total. The highest BCUT2D eigenvalue weighted by Crippen LogP contribution is 2.17. The molecule has 0 saturated carbocycles. The van der Waals surface area contributed by atoms with Gasteiger partial charge in [-0.05, 0) is 23.8 Å². The topological polar surface area (TPSA) is 44.3 Å². The van der Waals surface area contributed by atoms with Crippen molar-refractivity contribution in [2.75, 3.05) is 42.9 Å². The first kappa shape index (κ1) is 18.2. The molecule has 1 aliphatic rings. The second-order valence-electron chi connectivity index (χ2n) is 6.83. The van der Waals surface area contributed by atoms with Crippen LogP contribution in [0.25, 0.3) is 6.08 Å². The molecule has 1 aromatic heterocycles. The Morgan fingerprint density at radius 1 is 0.857 bits per heavy atom. The molecule has 1 N–H and O–H groups in total. The molecule has 3 aromatic rings. The summed E-state index contributed by atoms with van der Waals surface area (Å²) in [6.07, 6.45) is 6.25. The van der Waals surface area contributed by atoms with E-state index < -0.39 is 0 Å². The largest absolute Gasteiger partial charge is 0.340 e. The third kappa shape index (κ3) is 4.96. The summed E-state index contributed by atoms with van der Waals surface area (Å²) in [5.74, 6) is 1.62. The van der Waals surface area contributed by atoms with E-state index in [0.717, 1.165) is 50.2 Å². The van der Waals surface area contributed by atoms with Crippen molar-refractivity contribution in [3.63, 3.8) is 0 Å². The van der Waals surface area contributed by atoms with Gasteiger partial charge in [0, 0.05) is 44.6 Å². The van der Waals surface area contributed by atoms with Crippen LogP contribution in [0.15, 0.2) is 79.0 Å². The van der Waals surface area contributed by atoms with Gasteiger partial charge in [0.2, 0.25) is 5.95 Å². The lowest BCUT2D eigenvalue weighted by molar-refractivity contribution is 0.283. The molecule has 28 heavy (non-hydrogen) atoms. The first-order valence-corrected chi connectivity index (χ1v) is 9.71. The number of hydrogen-bond acceptors (Lipinski definition) is 5. The predicted molar refractivity (Wildman–Crippen MR) is 116 cm³/mol. The van der Waals surface area contributed by atoms with E-state index in [9.17, 15) is 0 Å². The second kappa shape index (κ2) is 9.15. The fourth-order valence-corrected chi connectivity index (χ4v) is 3.27. The van der Waals surface area contributed by atoms with E-state index in [2.05, 4.69) is 61.5 Å². The Labute approximate surface area is 166 Å². The van der Waals surface area contributed by atoms with Gasteiger partial charge in [0.1, 0.15) is 5.82 Å². The van der Waals surface area contributed by atoms with E-state index in [1.165, 1.54) is 5.56 Å². The zero-order valence-corrected chi connectivity index (χ0v) is 15.9. The van der Waals surface area contributed by atoms with Crippen molar-refractivity contribution in [2.24, 2.45) is 0 Å². The third-order valence-corrected chi connectivity index (χ3v) is 4.82. The summed E-state index contributed by atoms with van der Waals surface area (Å²) in [5, 5.41) is 3.34. The van der Waals surface area contributed by atoms with Gasteiger partial charge in [-0.15, -0.1) is 0 Å². The fourth-order valence-electron chi connectivity index (χ4n) is 3.27. The number of rotatable bonds is 6. The highest BCUT2D eigenvalue weighted by atomic mass is 15.3. The van der Waals surface area contributed by atoms with Crippen molar-refractivity contribution in [3.05, 3.63) is 84.6 Å². The summed E-state index contributed by atoms with van der Waals surface area (Å²) in [6, 6.07) is 22.4. The van der Waals surface area contributed by atoms with Gasteiger partial charge in [0.05, 0.1) is 0 Å². The second-order valence-corrected chi connectivity index (χ2v) is 6.83. The Morgan fingerprint density at radius 3 is 2.32 bits per heavy atom. The zero-order chi connectivity index (χ0) is 19.0. The van der Waals surface area contributed by atoms with Gasteiger partial charge in [-0.2, -0.15) is 4.98 Å². The highest BCUT2D eigenvalue weighted by molar-refractivity contribution is 5.56. The molecule has 1 fully saturated rings. The molecule has 142 valence electrons. The molecule has 0 atom stereocenters. The average molecular weight is 371 g/mol. The van der Waals surface area contributed by atoms with E-state index in [1.54, 1.807) is 0 Å². The maximum atomic E-state index is 4.69. The maximum Gasteiger partial charge on any atom is 0.227 e. The van der Waals surface area contributed by atoms with Crippen LogP contribution in [-0.2, 0) is 0 Å². The van der Waals surface area contributed by atoms with Crippen LogP contribution in [0.3, 0.4) is 0 Å². The normalized spacial score (nSPS) is 15.1.